The van der Waals surface area contributed by atoms with Gasteiger partial charge in [0.05, 0.1) is 13.2 Å². The Labute approximate surface area is 113 Å². The fourth-order valence-corrected chi connectivity index (χ4v) is 2.20. The molecule has 1 aromatic carbocycles. The quantitative estimate of drug-likeness (QED) is 0.863. The number of amides is 1. The third-order valence-corrected chi connectivity index (χ3v) is 3.18. The maximum Gasteiger partial charge on any atom is 0.407 e. The van der Waals surface area contributed by atoms with Gasteiger partial charge in [-0.15, -0.1) is 0 Å². The van der Waals surface area contributed by atoms with Crippen molar-refractivity contribution in [3.05, 3.63) is 35.9 Å². The molecule has 1 aromatic rings. The van der Waals surface area contributed by atoms with Crippen LogP contribution in [0.1, 0.15) is 5.56 Å². The van der Waals surface area contributed by atoms with E-state index < -0.39 is 6.09 Å². The molecule has 0 saturated carbocycles. The van der Waals surface area contributed by atoms with Crippen LogP contribution in [0.5, 0.6) is 0 Å². The van der Waals surface area contributed by atoms with Crippen molar-refractivity contribution in [1.82, 2.24) is 10.2 Å². The SMILES string of the molecule is O=C(O)N(Cc1ccccc1)CC1CNCCOC1. The van der Waals surface area contributed by atoms with E-state index in [1.54, 1.807) is 0 Å². The van der Waals surface area contributed by atoms with Crippen LogP contribution < -0.4 is 5.32 Å². The van der Waals surface area contributed by atoms with Crippen molar-refractivity contribution >= 4 is 6.09 Å². The molecule has 2 rings (SSSR count). The Morgan fingerprint density at radius 3 is 2.95 bits per heavy atom. The molecule has 2 N–H and O–H groups in total. The second-order valence-corrected chi connectivity index (χ2v) is 4.79. The fraction of sp³-hybridized carbons (Fsp3) is 0.500. The number of hydrogen-bond acceptors (Lipinski definition) is 3. The summed E-state index contributed by atoms with van der Waals surface area (Å²) in [5.41, 5.74) is 1.01. The first-order valence-corrected chi connectivity index (χ1v) is 6.56. The molecule has 1 amide bonds. The smallest absolute Gasteiger partial charge is 0.407 e. The minimum absolute atomic E-state index is 0.210. The lowest BCUT2D eigenvalue weighted by molar-refractivity contribution is 0.0948. The molecule has 19 heavy (non-hydrogen) atoms. The molecule has 5 nitrogen and oxygen atoms in total. The summed E-state index contributed by atoms with van der Waals surface area (Å²) in [4.78, 5) is 12.8. The Hall–Kier alpha value is -1.59. The highest BCUT2D eigenvalue weighted by Gasteiger charge is 2.20. The lowest BCUT2D eigenvalue weighted by Gasteiger charge is -2.24. The summed E-state index contributed by atoms with van der Waals surface area (Å²) in [6, 6.07) is 9.66. The number of carboxylic acid groups (broad SMARTS) is 1. The first-order valence-electron chi connectivity index (χ1n) is 6.56. The third kappa shape index (κ3) is 4.54. The monoisotopic (exact) mass is 264 g/mol. The van der Waals surface area contributed by atoms with Gasteiger partial charge in [0, 0.05) is 32.1 Å². The number of nitrogens with one attached hydrogen (secondary N) is 1. The van der Waals surface area contributed by atoms with Gasteiger partial charge in [0.1, 0.15) is 0 Å². The average molecular weight is 264 g/mol. The number of hydrogen-bond donors (Lipinski definition) is 2. The van der Waals surface area contributed by atoms with Crippen LogP contribution in [-0.2, 0) is 11.3 Å². The predicted molar refractivity (Wildman–Crippen MR) is 72.1 cm³/mol. The van der Waals surface area contributed by atoms with Crippen molar-refractivity contribution in [3.63, 3.8) is 0 Å². The van der Waals surface area contributed by atoms with E-state index in [2.05, 4.69) is 5.32 Å². The molecular weight excluding hydrogens is 244 g/mol. The van der Waals surface area contributed by atoms with Gasteiger partial charge in [-0.2, -0.15) is 0 Å². The summed E-state index contributed by atoms with van der Waals surface area (Å²) in [5, 5.41) is 12.6. The molecule has 5 heteroatoms. The summed E-state index contributed by atoms with van der Waals surface area (Å²) >= 11 is 0. The zero-order chi connectivity index (χ0) is 13.5. The van der Waals surface area contributed by atoms with Gasteiger partial charge in [-0.25, -0.2) is 4.79 Å². The first-order chi connectivity index (χ1) is 9.25. The van der Waals surface area contributed by atoms with Crippen molar-refractivity contribution in [2.45, 2.75) is 6.54 Å². The van der Waals surface area contributed by atoms with Gasteiger partial charge in [0.2, 0.25) is 0 Å². The van der Waals surface area contributed by atoms with Crippen LogP contribution in [-0.4, -0.2) is 48.9 Å². The Balaban J connectivity index is 1.94. The van der Waals surface area contributed by atoms with Crippen LogP contribution in [0.15, 0.2) is 30.3 Å². The standard InChI is InChI=1S/C14H20N2O3/c17-14(18)16(9-12-4-2-1-3-5-12)10-13-8-15-6-7-19-11-13/h1-5,13,15H,6-11H2,(H,17,18). The molecule has 1 atom stereocenters. The van der Waals surface area contributed by atoms with E-state index in [9.17, 15) is 9.90 Å². The maximum absolute atomic E-state index is 11.3. The van der Waals surface area contributed by atoms with Crippen LogP contribution in [0.2, 0.25) is 0 Å². The van der Waals surface area contributed by atoms with Crippen molar-refractivity contribution in [2.75, 3.05) is 32.8 Å². The van der Waals surface area contributed by atoms with E-state index in [-0.39, 0.29) is 5.92 Å². The molecular formula is C14H20N2O3. The highest BCUT2D eigenvalue weighted by molar-refractivity contribution is 5.65. The number of carbonyl (C=O) groups is 1. The molecule has 1 aliphatic heterocycles. The van der Waals surface area contributed by atoms with E-state index in [0.29, 0.717) is 26.3 Å². The van der Waals surface area contributed by atoms with Crippen LogP contribution >= 0.6 is 0 Å². The normalized spacial score (nSPS) is 19.7. The number of benzene rings is 1. The molecule has 1 unspecified atom stereocenters. The highest BCUT2D eigenvalue weighted by atomic mass is 16.5. The second kappa shape index (κ2) is 7.11. The van der Waals surface area contributed by atoms with Gasteiger partial charge >= 0.3 is 6.09 Å². The highest BCUT2D eigenvalue weighted by Crippen LogP contribution is 2.09. The van der Waals surface area contributed by atoms with Crippen molar-refractivity contribution in [3.8, 4) is 0 Å². The van der Waals surface area contributed by atoms with Crippen LogP contribution in [0.3, 0.4) is 0 Å². The largest absolute Gasteiger partial charge is 0.465 e. The van der Waals surface area contributed by atoms with Crippen molar-refractivity contribution in [1.29, 1.82) is 0 Å². The van der Waals surface area contributed by atoms with Crippen LogP contribution in [0.25, 0.3) is 0 Å². The molecule has 1 fully saturated rings. The predicted octanol–water partition coefficient (Wildman–Crippen LogP) is 1.40. The number of ether oxygens (including phenoxy) is 1. The molecule has 1 saturated heterocycles. The Morgan fingerprint density at radius 1 is 1.42 bits per heavy atom. The molecule has 0 spiro atoms. The Morgan fingerprint density at radius 2 is 2.21 bits per heavy atom. The van der Waals surface area contributed by atoms with Gasteiger partial charge in [-0.3, -0.25) is 0 Å². The van der Waals surface area contributed by atoms with Gasteiger partial charge in [-0.1, -0.05) is 30.3 Å². The van der Waals surface area contributed by atoms with Gasteiger partial charge < -0.3 is 20.1 Å². The van der Waals surface area contributed by atoms with E-state index in [1.165, 1.54) is 4.90 Å². The third-order valence-electron chi connectivity index (χ3n) is 3.18. The van der Waals surface area contributed by atoms with E-state index in [4.69, 9.17) is 4.74 Å². The summed E-state index contributed by atoms with van der Waals surface area (Å²) in [6.07, 6.45) is -0.881. The zero-order valence-electron chi connectivity index (χ0n) is 10.9. The lowest BCUT2D eigenvalue weighted by atomic mass is 10.1. The van der Waals surface area contributed by atoms with Gasteiger partial charge in [0.25, 0.3) is 0 Å². The summed E-state index contributed by atoms with van der Waals surface area (Å²) in [6.45, 7) is 3.87. The Kier molecular flexibility index (Phi) is 5.18. The van der Waals surface area contributed by atoms with E-state index in [0.717, 1.165) is 18.7 Å². The minimum atomic E-state index is -0.881. The maximum atomic E-state index is 11.3. The zero-order valence-corrected chi connectivity index (χ0v) is 10.9. The molecule has 0 radical (unpaired) electrons. The second-order valence-electron chi connectivity index (χ2n) is 4.79. The first kappa shape index (κ1) is 13.8. The van der Waals surface area contributed by atoms with Crippen molar-refractivity contribution < 1.29 is 14.6 Å². The summed E-state index contributed by atoms with van der Waals surface area (Å²) < 4.78 is 5.46. The summed E-state index contributed by atoms with van der Waals surface area (Å²) in [7, 11) is 0. The molecule has 0 bridgehead atoms. The minimum Gasteiger partial charge on any atom is -0.465 e. The van der Waals surface area contributed by atoms with E-state index in [1.807, 2.05) is 30.3 Å². The average Bonchev–Trinajstić information content (AvgIpc) is 2.68. The topological polar surface area (TPSA) is 61.8 Å². The van der Waals surface area contributed by atoms with Gasteiger partial charge in [-0.05, 0) is 5.56 Å². The molecule has 0 aliphatic carbocycles. The van der Waals surface area contributed by atoms with E-state index >= 15 is 0 Å². The summed E-state index contributed by atoms with van der Waals surface area (Å²) in [5.74, 6) is 0.210. The Bertz CT molecular complexity index is 389. The van der Waals surface area contributed by atoms with Crippen LogP contribution in [0.4, 0.5) is 4.79 Å². The fourth-order valence-electron chi connectivity index (χ4n) is 2.20. The molecule has 1 aliphatic rings. The van der Waals surface area contributed by atoms with Gasteiger partial charge in [0.15, 0.2) is 0 Å². The van der Waals surface area contributed by atoms with Crippen molar-refractivity contribution in [2.24, 2.45) is 5.92 Å². The number of rotatable bonds is 4. The molecule has 0 aromatic heterocycles. The molecule has 1 heterocycles. The lowest BCUT2D eigenvalue weighted by Crippen LogP contribution is -2.38. The molecule has 104 valence electrons. The van der Waals surface area contributed by atoms with Crippen LogP contribution in [0, 0.1) is 5.92 Å². The number of nitrogens with zero attached hydrogens (tertiary/aromatic N) is 1.